The second-order valence-corrected chi connectivity index (χ2v) is 4.37. The van der Waals surface area contributed by atoms with Crippen molar-refractivity contribution in [3.05, 3.63) is 29.3 Å². The van der Waals surface area contributed by atoms with Gasteiger partial charge >= 0.3 is 11.9 Å². The number of nitrogens with one attached hydrogen (secondary N) is 1. The van der Waals surface area contributed by atoms with Crippen LogP contribution in [0.1, 0.15) is 0 Å². The number of benzene rings is 1. The normalized spacial score (nSPS) is 12.1. The third-order valence-electron chi connectivity index (χ3n) is 2.57. The summed E-state index contributed by atoms with van der Waals surface area (Å²) in [4.78, 5) is 32.7. The molecule has 12 heteroatoms. The average Bonchev–Trinajstić information content (AvgIpc) is 2.48. The molecule has 1 aromatic rings. The second-order valence-electron chi connectivity index (χ2n) is 4.37. The van der Waals surface area contributed by atoms with Gasteiger partial charge in [-0.2, -0.15) is 0 Å². The van der Waals surface area contributed by atoms with E-state index >= 15 is 0 Å². The molecule has 0 aliphatic rings. The molecule has 0 radical (unpaired) electrons. The van der Waals surface area contributed by atoms with Gasteiger partial charge in [0.05, 0.1) is 18.8 Å². The molecule has 0 spiro atoms. The van der Waals surface area contributed by atoms with Crippen molar-refractivity contribution in [3.8, 4) is 0 Å². The first-order valence-electron chi connectivity index (χ1n) is 6.00. The zero-order valence-corrected chi connectivity index (χ0v) is 11.5. The van der Waals surface area contributed by atoms with Crippen molar-refractivity contribution in [1.29, 1.82) is 0 Å². The van der Waals surface area contributed by atoms with Crippen molar-refractivity contribution in [2.24, 2.45) is 0 Å². The Hall–Kier alpha value is -2.76. The van der Waals surface area contributed by atoms with Crippen LogP contribution < -0.4 is 5.32 Å². The molecule has 24 heavy (non-hydrogen) atoms. The van der Waals surface area contributed by atoms with Gasteiger partial charge in [-0.05, 0) is 0 Å². The molecule has 1 rings (SSSR count). The number of alkyl halides is 1. The van der Waals surface area contributed by atoms with Crippen molar-refractivity contribution >= 4 is 23.5 Å². The van der Waals surface area contributed by atoms with Gasteiger partial charge < -0.3 is 15.5 Å². The van der Waals surface area contributed by atoms with Crippen molar-refractivity contribution in [2.45, 2.75) is 6.30 Å². The topological polar surface area (TPSA) is 107 Å². The maximum Gasteiger partial charge on any atom is 0.317 e. The number of halogens is 5. The summed E-state index contributed by atoms with van der Waals surface area (Å²) in [5.41, 5.74) is -1.25. The van der Waals surface area contributed by atoms with E-state index in [9.17, 15) is 36.3 Å². The van der Waals surface area contributed by atoms with E-state index in [0.29, 0.717) is 0 Å². The van der Waals surface area contributed by atoms with E-state index in [-0.39, 0.29) is 11.0 Å². The van der Waals surface area contributed by atoms with Crippen molar-refractivity contribution < 1.29 is 46.5 Å². The van der Waals surface area contributed by atoms with Crippen LogP contribution in [-0.4, -0.2) is 52.3 Å². The van der Waals surface area contributed by atoms with Gasteiger partial charge in [-0.1, -0.05) is 0 Å². The molecule has 7 nitrogen and oxygen atoms in total. The number of carboxylic acid groups (broad SMARTS) is 2. The zero-order valence-electron chi connectivity index (χ0n) is 11.5. The van der Waals surface area contributed by atoms with Gasteiger partial charge in [0.15, 0.2) is 23.3 Å². The minimum atomic E-state index is -2.90. The van der Waals surface area contributed by atoms with E-state index in [1.165, 1.54) is 5.32 Å². The largest absolute Gasteiger partial charge is 0.480 e. The van der Waals surface area contributed by atoms with Crippen molar-refractivity contribution in [2.75, 3.05) is 18.4 Å². The lowest BCUT2D eigenvalue weighted by atomic mass is 10.2. The van der Waals surface area contributed by atoms with Crippen LogP contribution >= 0.6 is 0 Å². The highest BCUT2D eigenvalue weighted by Gasteiger charge is 2.30. The summed E-state index contributed by atoms with van der Waals surface area (Å²) >= 11 is 0. The Labute approximate surface area is 130 Å². The standard InChI is InChI=1S/C12H9F5N2O5/c13-4-1-5(9(15)10(16)8(4)14)18-12(24)11(17)19(2-6(20)21)3-7(22)23/h1,11H,2-3H2,(H,18,24)(H,20,21)(H,22,23). The van der Waals surface area contributed by atoms with Gasteiger partial charge in [0, 0.05) is 6.07 Å². The monoisotopic (exact) mass is 356 g/mol. The maximum atomic E-state index is 13.9. The fourth-order valence-electron chi connectivity index (χ4n) is 1.59. The first-order chi connectivity index (χ1) is 11.0. The number of carboxylic acids is 2. The number of carbonyl (C=O) groups excluding carboxylic acids is 1. The highest BCUT2D eigenvalue weighted by molar-refractivity contribution is 5.94. The number of carbonyl (C=O) groups is 3. The second kappa shape index (κ2) is 7.68. The summed E-state index contributed by atoms with van der Waals surface area (Å²) in [6.07, 6.45) is -2.90. The fourth-order valence-corrected chi connectivity index (χ4v) is 1.59. The molecule has 0 aromatic heterocycles. The molecular formula is C12H9F5N2O5. The van der Waals surface area contributed by atoms with Gasteiger partial charge in [-0.25, -0.2) is 26.9 Å². The summed E-state index contributed by atoms with van der Waals surface area (Å²) in [5.74, 6) is -13.4. The smallest absolute Gasteiger partial charge is 0.317 e. The number of rotatable bonds is 7. The van der Waals surface area contributed by atoms with Gasteiger partial charge in [0.2, 0.25) is 6.30 Å². The predicted octanol–water partition coefficient (Wildman–Crippen LogP) is 0.948. The van der Waals surface area contributed by atoms with Crippen molar-refractivity contribution in [1.82, 2.24) is 4.90 Å². The lowest BCUT2D eigenvalue weighted by Gasteiger charge is -2.21. The Balaban J connectivity index is 3.00. The molecule has 0 aliphatic heterocycles. The van der Waals surface area contributed by atoms with Gasteiger partial charge in [0.1, 0.15) is 0 Å². The molecule has 1 unspecified atom stereocenters. The first-order valence-corrected chi connectivity index (χ1v) is 6.00. The van der Waals surface area contributed by atoms with Crippen LogP contribution in [0.15, 0.2) is 6.07 Å². The van der Waals surface area contributed by atoms with Crippen LogP contribution in [-0.2, 0) is 14.4 Å². The highest BCUT2D eigenvalue weighted by Crippen LogP contribution is 2.23. The summed E-state index contributed by atoms with van der Waals surface area (Å²) < 4.78 is 66.0. The molecule has 0 heterocycles. The van der Waals surface area contributed by atoms with E-state index in [1.54, 1.807) is 0 Å². The number of anilines is 1. The van der Waals surface area contributed by atoms with Gasteiger partial charge in [-0.15, -0.1) is 0 Å². The van der Waals surface area contributed by atoms with E-state index in [0.717, 1.165) is 0 Å². The van der Waals surface area contributed by atoms with Gasteiger partial charge in [-0.3, -0.25) is 14.4 Å². The lowest BCUT2D eigenvalue weighted by molar-refractivity contribution is -0.146. The van der Waals surface area contributed by atoms with Crippen molar-refractivity contribution in [3.63, 3.8) is 0 Å². The molecule has 3 N–H and O–H groups in total. The van der Waals surface area contributed by atoms with E-state index in [1.807, 2.05) is 0 Å². The Morgan fingerprint density at radius 2 is 1.50 bits per heavy atom. The third-order valence-corrected chi connectivity index (χ3v) is 2.57. The number of hydrogen-bond acceptors (Lipinski definition) is 4. The molecule has 1 atom stereocenters. The van der Waals surface area contributed by atoms with Crippen LogP contribution in [0, 0.1) is 23.3 Å². The van der Waals surface area contributed by atoms with Crippen LogP contribution in [0.25, 0.3) is 0 Å². The summed E-state index contributed by atoms with van der Waals surface area (Å²) in [7, 11) is 0. The molecule has 0 fully saturated rings. The number of aliphatic carboxylic acids is 2. The summed E-state index contributed by atoms with van der Waals surface area (Å²) in [6, 6.07) is 0.0388. The summed E-state index contributed by atoms with van der Waals surface area (Å²) in [6.45, 7) is -2.40. The molecule has 0 saturated heterocycles. The van der Waals surface area contributed by atoms with Crippen LogP contribution in [0.2, 0.25) is 0 Å². The molecule has 132 valence electrons. The Bertz CT molecular complexity index is 668. The zero-order chi connectivity index (χ0) is 18.6. The number of amides is 1. The number of hydrogen-bond donors (Lipinski definition) is 3. The SMILES string of the molecule is O=C(O)CN(CC(=O)O)C(F)C(=O)Nc1cc(F)c(F)c(F)c1F. The van der Waals surface area contributed by atoms with Crippen LogP contribution in [0.5, 0.6) is 0 Å². The highest BCUT2D eigenvalue weighted by atomic mass is 19.2. The molecule has 0 bridgehead atoms. The first kappa shape index (κ1) is 19.3. The van der Waals surface area contributed by atoms with Crippen LogP contribution in [0.3, 0.4) is 0 Å². The minimum Gasteiger partial charge on any atom is -0.480 e. The Kier molecular flexibility index (Phi) is 6.17. The maximum absolute atomic E-state index is 13.9. The molecule has 0 saturated carbocycles. The van der Waals surface area contributed by atoms with E-state index < -0.39 is 66.2 Å². The molecule has 1 amide bonds. The van der Waals surface area contributed by atoms with Crippen LogP contribution in [0.4, 0.5) is 27.6 Å². The van der Waals surface area contributed by atoms with E-state index in [4.69, 9.17) is 10.2 Å². The third kappa shape index (κ3) is 4.62. The fraction of sp³-hybridized carbons (Fsp3) is 0.250. The number of nitrogens with zero attached hydrogens (tertiary/aromatic N) is 1. The Morgan fingerprint density at radius 3 is 1.96 bits per heavy atom. The molecule has 0 aliphatic carbocycles. The Morgan fingerprint density at radius 1 is 1.00 bits per heavy atom. The lowest BCUT2D eigenvalue weighted by Crippen LogP contribution is -2.46. The average molecular weight is 356 g/mol. The summed E-state index contributed by atoms with van der Waals surface area (Å²) in [5, 5.41) is 18.4. The quantitative estimate of drug-likeness (QED) is 0.291. The molecular weight excluding hydrogens is 347 g/mol. The minimum absolute atomic E-state index is 0.0388. The predicted molar refractivity (Wildman–Crippen MR) is 66.6 cm³/mol. The van der Waals surface area contributed by atoms with Gasteiger partial charge in [0.25, 0.3) is 5.91 Å². The van der Waals surface area contributed by atoms with E-state index in [2.05, 4.69) is 0 Å². The molecule has 1 aromatic carbocycles.